The van der Waals surface area contributed by atoms with Crippen LogP contribution in [0.4, 0.5) is 5.69 Å². The maximum absolute atomic E-state index is 12.1. The zero-order valence-electron chi connectivity index (χ0n) is 14.7. The van der Waals surface area contributed by atoms with E-state index in [4.69, 9.17) is 4.74 Å². The van der Waals surface area contributed by atoms with Crippen molar-refractivity contribution in [2.45, 2.75) is 40.0 Å². The zero-order valence-corrected chi connectivity index (χ0v) is 14.7. The smallest absolute Gasteiger partial charge is 0.238 e. The molecular weight excluding hydrogens is 288 g/mol. The first-order valence-corrected chi connectivity index (χ1v) is 8.78. The van der Waals surface area contributed by atoms with Gasteiger partial charge in [0.25, 0.3) is 0 Å². The molecule has 1 aromatic carbocycles. The Hall–Kier alpha value is -1.55. The lowest BCUT2D eigenvalue weighted by Crippen LogP contribution is -2.38. The molecule has 23 heavy (non-hydrogen) atoms. The Balaban J connectivity index is 1.73. The molecular formula is C19H30N2O2. The van der Waals surface area contributed by atoms with E-state index in [0.29, 0.717) is 12.5 Å². The molecule has 1 aliphatic heterocycles. The summed E-state index contributed by atoms with van der Waals surface area (Å²) in [5.74, 6) is 2.35. The van der Waals surface area contributed by atoms with E-state index in [-0.39, 0.29) is 5.91 Å². The Morgan fingerprint density at radius 3 is 2.52 bits per heavy atom. The number of hydrogen-bond donors (Lipinski definition) is 1. The number of piperidine rings is 1. The van der Waals surface area contributed by atoms with Crippen LogP contribution in [0, 0.1) is 11.8 Å². The Morgan fingerprint density at radius 1 is 1.26 bits per heavy atom. The van der Waals surface area contributed by atoms with Crippen LogP contribution in [-0.4, -0.2) is 37.0 Å². The van der Waals surface area contributed by atoms with E-state index in [1.54, 1.807) is 0 Å². The molecule has 4 nitrogen and oxygen atoms in total. The number of rotatable bonds is 7. The van der Waals surface area contributed by atoms with Gasteiger partial charge in [0, 0.05) is 5.69 Å². The van der Waals surface area contributed by atoms with Gasteiger partial charge in [-0.2, -0.15) is 0 Å². The predicted octanol–water partition coefficient (Wildman–Crippen LogP) is 3.78. The molecule has 1 heterocycles. The molecule has 1 N–H and O–H groups in total. The van der Waals surface area contributed by atoms with Gasteiger partial charge >= 0.3 is 0 Å². The van der Waals surface area contributed by atoms with Gasteiger partial charge < -0.3 is 10.1 Å². The molecule has 1 fully saturated rings. The highest BCUT2D eigenvalue weighted by molar-refractivity contribution is 5.92. The summed E-state index contributed by atoms with van der Waals surface area (Å²) in [6.45, 7) is 9.92. The van der Waals surface area contributed by atoms with E-state index in [1.165, 1.54) is 12.8 Å². The Kier molecular flexibility index (Phi) is 6.90. The molecule has 0 spiro atoms. The van der Waals surface area contributed by atoms with Crippen molar-refractivity contribution in [3.8, 4) is 5.75 Å². The van der Waals surface area contributed by atoms with Gasteiger partial charge in [0.1, 0.15) is 5.75 Å². The van der Waals surface area contributed by atoms with Gasteiger partial charge in [-0.3, -0.25) is 9.69 Å². The quantitative estimate of drug-likeness (QED) is 0.832. The van der Waals surface area contributed by atoms with Gasteiger partial charge in [-0.05, 0) is 68.5 Å². The van der Waals surface area contributed by atoms with Crippen molar-refractivity contribution in [2.24, 2.45) is 11.8 Å². The third kappa shape index (κ3) is 6.61. The van der Waals surface area contributed by atoms with Crippen molar-refractivity contribution in [2.75, 3.05) is 31.6 Å². The molecule has 0 saturated carbocycles. The summed E-state index contributed by atoms with van der Waals surface area (Å²) in [5.41, 5.74) is 0.830. The predicted molar refractivity (Wildman–Crippen MR) is 94.9 cm³/mol. The zero-order chi connectivity index (χ0) is 16.7. The number of nitrogens with zero attached hydrogens (tertiary/aromatic N) is 1. The number of likely N-dealkylation sites (tertiary alicyclic amines) is 1. The fourth-order valence-corrected chi connectivity index (χ4v) is 2.67. The fraction of sp³-hybridized carbons (Fsp3) is 0.632. The van der Waals surface area contributed by atoms with Gasteiger partial charge in [-0.1, -0.05) is 20.8 Å². The minimum absolute atomic E-state index is 0.0630. The van der Waals surface area contributed by atoms with Gasteiger partial charge in [-0.25, -0.2) is 0 Å². The minimum atomic E-state index is 0.0630. The summed E-state index contributed by atoms with van der Waals surface area (Å²) in [7, 11) is 0. The van der Waals surface area contributed by atoms with Gasteiger partial charge in [0.2, 0.25) is 5.91 Å². The molecule has 128 valence electrons. The van der Waals surface area contributed by atoms with Crippen LogP contribution in [0.15, 0.2) is 24.3 Å². The molecule has 1 saturated heterocycles. The second-order valence-electron chi connectivity index (χ2n) is 7.06. The van der Waals surface area contributed by atoms with Crippen molar-refractivity contribution in [3.63, 3.8) is 0 Å². The van der Waals surface area contributed by atoms with Crippen LogP contribution in [0.25, 0.3) is 0 Å². The normalized spacial score (nSPS) is 16.5. The fourth-order valence-electron chi connectivity index (χ4n) is 2.67. The number of carbonyl (C=O) groups excluding carboxylic acids is 1. The lowest BCUT2D eigenvalue weighted by molar-refractivity contribution is -0.117. The molecule has 1 amide bonds. The lowest BCUT2D eigenvalue weighted by atomic mass is 9.99. The van der Waals surface area contributed by atoms with Crippen LogP contribution >= 0.6 is 0 Å². The van der Waals surface area contributed by atoms with Gasteiger partial charge in [0.05, 0.1) is 13.2 Å². The number of hydrogen-bond acceptors (Lipinski definition) is 3. The molecule has 0 atom stereocenters. The number of anilines is 1. The lowest BCUT2D eigenvalue weighted by Gasteiger charge is -2.29. The second kappa shape index (κ2) is 8.92. The highest BCUT2D eigenvalue weighted by Crippen LogP contribution is 2.18. The van der Waals surface area contributed by atoms with Crippen LogP contribution in [0.5, 0.6) is 5.75 Å². The number of nitrogens with one attached hydrogen (secondary N) is 1. The standard InChI is InChI=1S/C19H30N2O2/c1-15(2)10-13-23-18-6-4-17(5-7-18)20-19(22)14-21-11-8-16(3)9-12-21/h4-7,15-16H,8-14H2,1-3H3,(H,20,22). The van der Waals surface area contributed by atoms with Gasteiger partial charge in [0.15, 0.2) is 0 Å². The van der Waals surface area contributed by atoms with E-state index >= 15 is 0 Å². The van der Waals surface area contributed by atoms with Crippen molar-refractivity contribution in [1.82, 2.24) is 4.90 Å². The molecule has 2 rings (SSSR count). The molecule has 1 aromatic rings. The molecule has 0 bridgehead atoms. The first kappa shape index (κ1) is 17.8. The molecule has 0 unspecified atom stereocenters. The van der Waals surface area contributed by atoms with Crippen molar-refractivity contribution in [3.05, 3.63) is 24.3 Å². The average Bonchev–Trinajstić information content (AvgIpc) is 2.51. The molecule has 0 aliphatic carbocycles. The van der Waals surface area contributed by atoms with Gasteiger partial charge in [-0.15, -0.1) is 0 Å². The Bertz CT molecular complexity index is 477. The number of carbonyl (C=O) groups is 1. The number of ether oxygens (including phenoxy) is 1. The highest BCUT2D eigenvalue weighted by atomic mass is 16.5. The van der Waals surface area contributed by atoms with Crippen molar-refractivity contribution >= 4 is 11.6 Å². The summed E-state index contributed by atoms with van der Waals surface area (Å²) in [6, 6.07) is 7.64. The third-order valence-electron chi connectivity index (χ3n) is 4.35. The highest BCUT2D eigenvalue weighted by Gasteiger charge is 2.17. The first-order chi connectivity index (χ1) is 11.0. The third-order valence-corrected chi connectivity index (χ3v) is 4.35. The van der Waals surface area contributed by atoms with E-state index in [2.05, 4.69) is 31.0 Å². The number of amides is 1. The molecule has 0 radical (unpaired) electrons. The van der Waals surface area contributed by atoms with Crippen LogP contribution in [0.1, 0.15) is 40.0 Å². The van der Waals surface area contributed by atoms with Crippen molar-refractivity contribution in [1.29, 1.82) is 0 Å². The first-order valence-electron chi connectivity index (χ1n) is 8.78. The average molecular weight is 318 g/mol. The summed E-state index contributed by atoms with van der Waals surface area (Å²) in [5, 5.41) is 2.97. The van der Waals surface area contributed by atoms with E-state index < -0.39 is 0 Å². The number of benzene rings is 1. The van der Waals surface area contributed by atoms with Crippen LogP contribution in [-0.2, 0) is 4.79 Å². The Morgan fingerprint density at radius 2 is 1.91 bits per heavy atom. The summed E-state index contributed by atoms with van der Waals surface area (Å²) >= 11 is 0. The molecule has 1 aliphatic rings. The minimum Gasteiger partial charge on any atom is -0.494 e. The second-order valence-corrected chi connectivity index (χ2v) is 7.06. The van der Waals surface area contributed by atoms with E-state index in [0.717, 1.165) is 43.5 Å². The van der Waals surface area contributed by atoms with E-state index in [1.807, 2.05) is 24.3 Å². The largest absolute Gasteiger partial charge is 0.494 e. The maximum Gasteiger partial charge on any atom is 0.238 e. The van der Waals surface area contributed by atoms with Crippen LogP contribution in [0.3, 0.4) is 0 Å². The van der Waals surface area contributed by atoms with Crippen LogP contribution < -0.4 is 10.1 Å². The Labute approximate surface area is 140 Å². The van der Waals surface area contributed by atoms with Crippen LogP contribution in [0.2, 0.25) is 0 Å². The van der Waals surface area contributed by atoms with Crippen molar-refractivity contribution < 1.29 is 9.53 Å². The SMILES string of the molecule is CC(C)CCOc1ccc(NC(=O)CN2CCC(C)CC2)cc1. The maximum atomic E-state index is 12.1. The molecule has 4 heteroatoms. The summed E-state index contributed by atoms with van der Waals surface area (Å²) < 4.78 is 5.69. The molecule has 0 aromatic heterocycles. The summed E-state index contributed by atoms with van der Waals surface area (Å²) in [6.07, 6.45) is 3.43. The monoisotopic (exact) mass is 318 g/mol. The topological polar surface area (TPSA) is 41.6 Å². The summed E-state index contributed by atoms with van der Waals surface area (Å²) in [4.78, 5) is 14.3. The van der Waals surface area contributed by atoms with E-state index in [9.17, 15) is 4.79 Å².